The van der Waals surface area contributed by atoms with E-state index in [0.29, 0.717) is 6.54 Å². The van der Waals surface area contributed by atoms with Gasteiger partial charge in [-0.1, -0.05) is 43.3 Å². The average Bonchev–Trinajstić information content (AvgIpc) is 3.23. The van der Waals surface area contributed by atoms with Crippen LogP contribution in [0.2, 0.25) is 0 Å². The van der Waals surface area contributed by atoms with E-state index in [1.807, 2.05) is 61.7 Å². The fourth-order valence-corrected chi connectivity index (χ4v) is 3.70. The molecule has 0 aliphatic rings. The lowest BCUT2D eigenvalue weighted by molar-refractivity contribution is -0.122. The fraction of sp³-hybridized carbons (Fsp3) is 0.286. The summed E-state index contributed by atoms with van der Waals surface area (Å²) in [6, 6.07) is 16.7. The first-order valence-electron chi connectivity index (χ1n) is 9.06. The van der Waals surface area contributed by atoms with Gasteiger partial charge >= 0.3 is 0 Å². The maximum atomic E-state index is 12.6. The zero-order valence-corrected chi connectivity index (χ0v) is 16.3. The molecule has 2 heterocycles. The number of benzene rings is 1. The summed E-state index contributed by atoms with van der Waals surface area (Å²) in [5.74, 6) is -0.224. The maximum Gasteiger partial charge on any atom is 0.267 e. The highest BCUT2D eigenvalue weighted by molar-refractivity contribution is 7.13. The molecule has 140 valence electrons. The maximum absolute atomic E-state index is 12.6. The van der Waals surface area contributed by atoms with E-state index in [-0.39, 0.29) is 23.4 Å². The monoisotopic (exact) mass is 381 g/mol. The second-order valence-electron chi connectivity index (χ2n) is 6.44. The second kappa shape index (κ2) is 8.77. The van der Waals surface area contributed by atoms with E-state index < -0.39 is 0 Å². The Morgan fingerprint density at radius 1 is 1.15 bits per heavy atom. The first-order valence-corrected chi connectivity index (χ1v) is 9.94. The van der Waals surface area contributed by atoms with E-state index in [1.54, 1.807) is 17.4 Å². The number of nitrogens with one attached hydrogen (secondary N) is 1. The van der Waals surface area contributed by atoms with Gasteiger partial charge in [-0.15, -0.1) is 11.3 Å². The normalized spacial score (nSPS) is 13.1. The smallest absolute Gasteiger partial charge is 0.267 e. The summed E-state index contributed by atoms with van der Waals surface area (Å²) in [7, 11) is 0. The van der Waals surface area contributed by atoms with Crippen LogP contribution in [-0.4, -0.2) is 22.2 Å². The predicted octanol–water partition coefficient (Wildman–Crippen LogP) is 3.84. The van der Waals surface area contributed by atoms with E-state index in [2.05, 4.69) is 10.4 Å². The number of aromatic nitrogens is 2. The number of carbonyl (C=O) groups excluding carboxylic acids is 1. The molecule has 0 spiro atoms. The van der Waals surface area contributed by atoms with Gasteiger partial charge in [0.2, 0.25) is 5.91 Å². The lowest BCUT2D eigenvalue weighted by Crippen LogP contribution is -2.37. The molecule has 0 radical (unpaired) electrons. The third kappa shape index (κ3) is 4.52. The Morgan fingerprint density at radius 2 is 1.93 bits per heavy atom. The molecule has 0 aliphatic carbocycles. The number of amides is 1. The Balaban J connectivity index is 1.70. The van der Waals surface area contributed by atoms with Crippen LogP contribution < -0.4 is 10.9 Å². The number of rotatable bonds is 7. The number of thiophene rings is 1. The molecule has 1 amide bonds. The van der Waals surface area contributed by atoms with Crippen molar-refractivity contribution in [1.29, 1.82) is 0 Å². The molecule has 0 saturated heterocycles. The number of hydrogen-bond acceptors (Lipinski definition) is 4. The minimum absolute atomic E-state index is 0.0296. The zero-order valence-electron chi connectivity index (χ0n) is 15.5. The molecule has 0 fully saturated rings. The van der Waals surface area contributed by atoms with Gasteiger partial charge in [0.05, 0.1) is 16.8 Å². The van der Waals surface area contributed by atoms with Gasteiger partial charge in [-0.25, -0.2) is 4.68 Å². The first kappa shape index (κ1) is 19.0. The van der Waals surface area contributed by atoms with Gasteiger partial charge in [0.1, 0.15) is 5.69 Å². The number of hydrogen-bond donors (Lipinski definition) is 1. The summed E-state index contributed by atoms with van der Waals surface area (Å²) in [5, 5.41) is 9.43. The summed E-state index contributed by atoms with van der Waals surface area (Å²) in [5.41, 5.74) is 1.59. The van der Waals surface area contributed by atoms with E-state index in [1.165, 1.54) is 10.7 Å². The molecule has 0 aliphatic heterocycles. The largest absolute Gasteiger partial charge is 0.353 e. The van der Waals surface area contributed by atoms with Gasteiger partial charge in [0.25, 0.3) is 5.56 Å². The molecule has 1 aromatic carbocycles. The summed E-state index contributed by atoms with van der Waals surface area (Å²) >= 11 is 1.58. The lowest BCUT2D eigenvalue weighted by atomic mass is 9.95. The van der Waals surface area contributed by atoms with Crippen molar-refractivity contribution in [2.24, 2.45) is 0 Å². The predicted molar refractivity (Wildman–Crippen MR) is 109 cm³/mol. The van der Waals surface area contributed by atoms with Crippen LogP contribution in [0.4, 0.5) is 0 Å². The van der Waals surface area contributed by atoms with Gasteiger partial charge in [-0.3, -0.25) is 9.59 Å². The summed E-state index contributed by atoms with van der Waals surface area (Å²) in [6.45, 7) is 4.23. The van der Waals surface area contributed by atoms with Crippen molar-refractivity contribution in [3.63, 3.8) is 0 Å². The summed E-state index contributed by atoms with van der Waals surface area (Å²) < 4.78 is 1.44. The van der Waals surface area contributed by atoms with Crippen molar-refractivity contribution in [3.05, 3.63) is 75.9 Å². The van der Waals surface area contributed by atoms with Crippen LogP contribution >= 0.6 is 11.3 Å². The number of carbonyl (C=O) groups is 1. The van der Waals surface area contributed by atoms with Crippen molar-refractivity contribution >= 4 is 17.2 Å². The van der Waals surface area contributed by atoms with Gasteiger partial charge < -0.3 is 5.32 Å². The number of nitrogens with zero attached hydrogens (tertiary/aromatic N) is 2. The van der Waals surface area contributed by atoms with Crippen molar-refractivity contribution in [1.82, 2.24) is 15.1 Å². The van der Waals surface area contributed by atoms with Crippen LogP contribution in [-0.2, 0) is 4.79 Å². The minimum atomic E-state index is -0.241. The van der Waals surface area contributed by atoms with E-state index in [4.69, 9.17) is 0 Å². The Morgan fingerprint density at radius 3 is 2.59 bits per heavy atom. The van der Waals surface area contributed by atoms with Crippen molar-refractivity contribution in [3.8, 4) is 10.6 Å². The third-order valence-corrected chi connectivity index (χ3v) is 5.41. The molecule has 2 unspecified atom stereocenters. The van der Waals surface area contributed by atoms with Crippen LogP contribution in [0.15, 0.2) is 64.8 Å². The van der Waals surface area contributed by atoms with E-state index in [9.17, 15) is 9.59 Å². The SMILES string of the molecule is CCC(C(=O)NCC(C)n1nc(-c2cccs2)ccc1=O)c1ccccc1. The fourth-order valence-electron chi connectivity index (χ4n) is 3.01. The van der Waals surface area contributed by atoms with Crippen LogP contribution in [0.1, 0.15) is 37.8 Å². The molecule has 3 rings (SSSR count). The van der Waals surface area contributed by atoms with Gasteiger partial charge in [-0.05, 0) is 36.4 Å². The Bertz CT molecular complexity index is 936. The Kier molecular flexibility index (Phi) is 6.19. The molecule has 0 bridgehead atoms. The van der Waals surface area contributed by atoms with Gasteiger partial charge in [0, 0.05) is 12.6 Å². The Labute approximate surface area is 162 Å². The Hall–Kier alpha value is -2.73. The highest BCUT2D eigenvalue weighted by Gasteiger charge is 2.19. The molecule has 5 nitrogen and oxygen atoms in total. The average molecular weight is 382 g/mol. The molecular weight excluding hydrogens is 358 g/mol. The van der Waals surface area contributed by atoms with E-state index >= 15 is 0 Å². The van der Waals surface area contributed by atoms with Crippen LogP contribution in [0.5, 0.6) is 0 Å². The molecule has 0 saturated carbocycles. The minimum Gasteiger partial charge on any atom is -0.353 e. The molecule has 1 N–H and O–H groups in total. The van der Waals surface area contributed by atoms with Gasteiger partial charge in [-0.2, -0.15) is 5.10 Å². The molecule has 2 aromatic heterocycles. The second-order valence-corrected chi connectivity index (χ2v) is 7.39. The lowest BCUT2D eigenvalue weighted by Gasteiger charge is -2.19. The molecule has 3 aromatic rings. The van der Waals surface area contributed by atoms with E-state index in [0.717, 1.165) is 22.6 Å². The zero-order chi connectivity index (χ0) is 19.2. The first-order chi connectivity index (χ1) is 13.1. The van der Waals surface area contributed by atoms with Crippen molar-refractivity contribution in [2.75, 3.05) is 6.54 Å². The quantitative estimate of drug-likeness (QED) is 0.676. The molecule has 27 heavy (non-hydrogen) atoms. The van der Waals surface area contributed by atoms with Crippen LogP contribution in [0.25, 0.3) is 10.6 Å². The highest BCUT2D eigenvalue weighted by atomic mass is 32.1. The molecule has 2 atom stereocenters. The van der Waals surface area contributed by atoms with Crippen molar-refractivity contribution < 1.29 is 4.79 Å². The van der Waals surface area contributed by atoms with Crippen LogP contribution in [0.3, 0.4) is 0 Å². The molecule has 6 heteroatoms. The topological polar surface area (TPSA) is 64.0 Å². The van der Waals surface area contributed by atoms with Crippen LogP contribution in [0, 0.1) is 0 Å². The summed E-state index contributed by atoms with van der Waals surface area (Å²) in [6.07, 6.45) is 0.719. The van der Waals surface area contributed by atoms with Crippen molar-refractivity contribution in [2.45, 2.75) is 32.2 Å². The summed E-state index contributed by atoms with van der Waals surface area (Å²) in [4.78, 5) is 25.9. The highest BCUT2D eigenvalue weighted by Crippen LogP contribution is 2.22. The van der Waals surface area contributed by atoms with Gasteiger partial charge in [0.15, 0.2) is 0 Å². The third-order valence-electron chi connectivity index (χ3n) is 4.51. The standard InChI is InChI=1S/C21H23N3O2S/c1-3-17(16-8-5-4-6-9-16)21(26)22-14-15(2)24-20(25)12-11-18(23-24)19-10-7-13-27-19/h4-13,15,17H,3,14H2,1-2H3,(H,22,26). The molecular formula is C21H23N3O2S.